The van der Waals surface area contributed by atoms with Crippen molar-refractivity contribution >= 4 is 22.8 Å². The van der Waals surface area contributed by atoms with Gasteiger partial charge in [-0.2, -0.15) is 9.97 Å². The summed E-state index contributed by atoms with van der Waals surface area (Å²) in [7, 11) is 0. The number of amides is 1. The molecule has 210 valence electrons. The highest BCUT2D eigenvalue weighted by molar-refractivity contribution is 5.95. The lowest BCUT2D eigenvalue weighted by Gasteiger charge is -2.40. The number of rotatable bonds is 4. The number of anilines is 1. The Balaban J connectivity index is 1.68. The Labute approximate surface area is 234 Å². The van der Waals surface area contributed by atoms with Gasteiger partial charge in [0.2, 0.25) is 11.8 Å². The second-order valence-electron chi connectivity index (χ2n) is 10.4. The zero-order valence-corrected chi connectivity index (χ0v) is 22.8. The minimum Gasteiger partial charge on any atom is -0.507 e. The molecule has 1 amide bonds. The van der Waals surface area contributed by atoms with E-state index >= 15 is 4.39 Å². The number of carbonyl (C=O) groups is 1. The molecule has 1 saturated heterocycles. The summed E-state index contributed by atoms with van der Waals surface area (Å²) in [6, 6.07) is 5.35. The van der Waals surface area contributed by atoms with Crippen molar-refractivity contribution in [2.75, 3.05) is 31.1 Å². The van der Waals surface area contributed by atoms with Crippen molar-refractivity contribution in [1.29, 1.82) is 0 Å². The Bertz CT molecular complexity index is 1770. The lowest BCUT2D eigenvalue weighted by molar-refractivity contribution is -0.126. The van der Waals surface area contributed by atoms with Gasteiger partial charge in [-0.1, -0.05) is 26.5 Å². The highest BCUT2D eigenvalue weighted by Crippen LogP contribution is 2.39. The predicted octanol–water partition coefficient (Wildman–Crippen LogP) is 3.11. The largest absolute Gasteiger partial charge is 0.507 e. The molecule has 0 radical (unpaired) electrons. The molecule has 2 aliphatic rings. The standard InChI is InChI=1S/C29H28FN7O4/c1-5-20(39)35-11-12-36-17(13-35)14-41-28-22-26(36)34-29(40)37(24-16(4)9-10-31-23(24)15(2)3)27(22)32-25(33-28)21-18(30)7-6-8-19(21)38/h5-10,15,17,38H,1,11-14H2,2-4H3. The van der Waals surface area contributed by atoms with E-state index in [4.69, 9.17) is 4.74 Å². The van der Waals surface area contributed by atoms with Gasteiger partial charge in [-0.05, 0) is 42.7 Å². The molecule has 6 rings (SSSR count). The van der Waals surface area contributed by atoms with Crippen molar-refractivity contribution in [3.63, 3.8) is 0 Å². The van der Waals surface area contributed by atoms with Crippen LogP contribution in [0.25, 0.3) is 28.1 Å². The van der Waals surface area contributed by atoms with E-state index in [1.54, 1.807) is 17.2 Å². The van der Waals surface area contributed by atoms with Crippen LogP contribution in [0.4, 0.5) is 10.2 Å². The fourth-order valence-electron chi connectivity index (χ4n) is 5.50. The molecular weight excluding hydrogens is 529 g/mol. The van der Waals surface area contributed by atoms with Gasteiger partial charge in [-0.3, -0.25) is 9.78 Å². The number of aromatic hydroxyl groups is 1. The lowest BCUT2D eigenvalue weighted by Crippen LogP contribution is -2.56. The van der Waals surface area contributed by atoms with Crippen molar-refractivity contribution in [1.82, 2.24) is 29.4 Å². The summed E-state index contributed by atoms with van der Waals surface area (Å²) in [4.78, 5) is 48.2. The van der Waals surface area contributed by atoms with Crippen LogP contribution >= 0.6 is 0 Å². The fourth-order valence-corrected chi connectivity index (χ4v) is 5.50. The zero-order valence-electron chi connectivity index (χ0n) is 22.8. The molecule has 11 nitrogen and oxygen atoms in total. The van der Waals surface area contributed by atoms with Crippen LogP contribution in [0.3, 0.4) is 0 Å². The number of pyridine rings is 1. The number of ether oxygens (including phenoxy) is 1. The van der Waals surface area contributed by atoms with E-state index in [0.29, 0.717) is 42.2 Å². The Morgan fingerprint density at radius 1 is 1.22 bits per heavy atom. The van der Waals surface area contributed by atoms with Gasteiger partial charge in [-0.15, -0.1) is 0 Å². The number of piperazine rings is 1. The second kappa shape index (κ2) is 9.95. The molecule has 1 N–H and O–H groups in total. The molecule has 0 spiro atoms. The first kappa shape index (κ1) is 26.4. The number of carbonyl (C=O) groups excluding carboxylic acids is 1. The van der Waals surface area contributed by atoms with E-state index in [2.05, 4.69) is 26.5 Å². The molecular formula is C29H28FN7O4. The van der Waals surface area contributed by atoms with Crippen LogP contribution in [0.15, 0.2) is 47.9 Å². The number of nitrogens with zero attached hydrogens (tertiary/aromatic N) is 7. The van der Waals surface area contributed by atoms with E-state index in [-0.39, 0.29) is 53.1 Å². The van der Waals surface area contributed by atoms with Crippen LogP contribution in [0.5, 0.6) is 11.6 Å². The minimum atomic E-state index is -0.732. The molecule has 1 atom stereocenters. The third-order valence-electron chi connectivity index (χ3n) is 7.48. The summed E-state index contributed by atoms with van der Waals surface area (Å²) in [5.74, 6) is -1.08. The van der Waals surface area contributed by atoms with Crippen molar-refractivity contribution in [3.8, 4) is 28.7 Å². The smallest absolute Gasteiger partial charge is 0.355 e. The summed E-state index contributed by atoms with van der Waals surface area (Å²) in [5.41, 5.74) is 1.26. The maximum Gasteiger partial charge on any atom is 0.355 e. The molecule has 4 aromatic rings. The summed E-state index contributed by atoms with van der Waals surface area (Å²) in [6.07, 6.45) is 2.94. The molecule has 0 saturated carbocycles. The molecule has 1 fully saturated rings. The van der Waals surface area contributed by atoms with Gasteiger partial charge in [0.1, 0.15) is 23.6 Å². The molecule has 2 aliphatic heterocycles. The van der Waals surface area contributed by atoms with Crippen LogP contribution in [0.1, 0.15) is 31.0 Å². The number of fused-ring (bicyclic) bond motifs is 2. The molecule has 12 heteroatoms. The molecule has 5 heterocycles. The third kappa shape index (κ3) is 4.26. The lowest BCUT2D eigenvalue weighted by atomic mass is 10.0. The molecule has 0 bridgehead atoms. The minimum absolute atomic E-state index is 0.0466. The Hall–Kier alpha value is -4.87. The number of phenolic OH excluding ortho intramolecular Hbond substituents is 1. The van der Waals surface area contributed by atoms with Gasteiger partial charge >= 0.3 is 5.69 Å². The SMILES string of the molecule is C=CC(=O)N1CCN2c3nc(=O)n(-c4c(C)ccnc4C(C)C)c4nc(-c5c(O)cccc5F)nc(c34)OCC2C1. The zero-order chi connectivity index (χ0) is 29.0. The molecule has 1 unspecified atom stereocenters. The van der Waals surface area contributed by atoms with Crippen molar-refractivity contribution in [2.45, 2.75) is 32.7 Å². The topological polar surface area (TPSA) is 127 Å². The molecule has 1 aromatic carbocycles. The predicted molar refractivity (Wildman–Crippen MR) is 150 cm³/mol. The first-order valence-corrected chi connectivity index (χ1v) is 13.3. The van der Waals surface area contributed by atoms with Crippen LogP contribution in [0.2, 0.25) is 0 Å². The Kier molecular flexibility index (Phi) is 6.40. The van der Waals surface area contributed by atoms with Gasteiger partial charge in [0, 0.05) is 25.8 Å². The van der Waals surface area contributed by atoms with Gasteiger partial charge in [0.15, 0.2) is 17.3 Å². The molecule has 41 heavy (non-hydrogen) atoms. The normalized spacial score (nSPS) is 16.4. The Morgan fingerprint density at radius 3 is 2.76 bits per heavy atom. The van der Waals surface area contributed by atoms with Crippen molar-refractivity contribution < 1.29 is 19.0 Å². The fraction of sp³-hybridized carbons (Fsp3) is 0.310. The number of aryl methyl sites for hydroxylation is 1. The maximum absolute atomic E-state index is 15.1. The van der Waals surface area contributed by atoms with Crippen molar-refractivity contribution in [3.05, 3.63) is 70.7 Å². The summed E-state index contributed by atoms with van der Waals surface area (Å²) >= 11 is 0. The highest BCUT2D eigenvalue weighted by Gasteiger charge is 2.37. The molecule has 3 aromatic heterocycles. The van der Waals surface area contributed by atoms with E-state index in [1.165, 1.54) is 28.8 Å². The van der Waals surface area contributed by atoms with Gasteiger partial charge in [0.25, 0.3) is 0 Å². The average Bonchev–Trinajstić information content (AvgIpc) is 3.10. The average molecular weight is 558 g/mol. The van der Waals surface area contributed by atoms with Gasteiger partial charge < -0.3 is 19.6 Å². The van der Waals surface area contributed by atoms with Crippen LogP contribution in [0, 0.1) is 12.7 Å². The number of hydrogen-bond donors (Lipinski definition) is 1. The second-order valence-corrected chi connectivity index (χ2v) is 10.4. The quantitative estimate of drug-likeness (QED) is 0.377. The van der Waals surface area contributed by atoms with E-state index < -0.39 is 11.5 Å². The summed E-state index contributed by atoms with van der Waals surface area (Å²) in [6.45, 7) is 10.6. The first-order chi connectivity index (χ1) is 19.7. The van der Waals surface area contributed by atoms with Crippen LogP contribution in [-0.4, -0.2) is 72.7 Å². The van der Waals surface area contributed by atoms with Crippen molar-refractivity contribution in [2.24, 2.45) is 0 Å². The number of phenols is 1. The number of aromatic nitrogens is 5. The van der Waals surface area contributed by atoms with E-state index in [9.17, 15) is 14.7 Å². The number of halogens is 1. The van der Waals surface area contributed by atoms with E-state index in [0.717, 1.165) is 5.56 Å². The monoisotopic (exact) mass is 557 g/mol. The van der Waals surface area contributed by atoms with Gasteiger partial charge in [-0.25, -0.2) is 18.7 Å². The van der Waals surface area contributed by atoms with Crippen LogP contribution < -0.4 is 15.3 Å². The number of hydrogen-bond acceptors (Lipinski definition) is 9. The Morgan fingerprint density at radius 2 is 2.02 bits per heavy atom. The highest BCUT2D eigenvalue weighted by atomic mass is 19.1. The summed E-state index contributed by atoms with van der Waals surface area (Å²) in [5, 5.41) is 10.9. The van der Waals surface area contributed by atoms with Gasteiger partial charge in [0.05, 0.1) is 23.0 Å². The maximum atomic E-state index is 15.1. The van der Waals surface area contributed by atoms with E-state index in [1.807, 2.05) is 25.7 Å². The third-order valence-corrected chi connectivity index (χ3v) is 7.48. The first-order valence-electron chi connectivity index (χ1n) is 13.3. The molecule has 0 aliphatic carbocycles. The number of benzene rings is 1. The summed E-state index contributed by atoms with van der Waals surface area (Å²) < 4.78 is 22.6. The van der Waals surface area contributed by atoms with Crippen LogP contribution in [-0.2, 0) is 4.79 Å².